The van der Waals surface area contributed by atoms with E-state index in [1.165, 1.54) is 7.11 Å². The fourth-order valence-corrected chi connectivity index (χ4v) is 1.84. The van der Waals surface area contributed by atoms with E-state index in [-0.39, 0.29) is 12.6 Å². The van der Waals surface area contributed by atoms with Crippen LogP contribution in [0.2, 0.25) is 0 Å². The molecule has 1 atom stereocenters. The molecule has 0 aromatic rings. The molecule has 0 saturated heterocycles. The topological polar surface area (TPSA) is 83.8 Å². The van der Waals surface area contributed by atoms with E-state index in [2.05, 4.69) is 4.52 Å². The van der Waals surface area contributed by atoms with Crippen LogP contribution >= 0.6 is 7.60 Å². The van der Waals surface area contributed by atoms with Gasteiger partial charge in [-0.2, -0.15) is 0 Å². The van der Waals surface area contributed by atoms with Crippen molar-refractivity contribution in [2.75, 3.05) is 13.3 Å². The second-order valence-electron chi connectivity index (χ2n) is 3.10. The van der Waals surface area contributed by atoms with E-state index in [0.29, 0.717) is 12.8 Å². The minimum absolute atomic E-state index is 0.149. The van der Waals surface area contributed by atoms with Crippen LogP contribution in [0.15, 0.2) is 0 Å². The summed E-state index contributed by atoms with van der Waals surface area (Å²) in [5.74, 6) is -0.797. The SMILES string of the molecule is COP(=O)(O)CCCCCCC(=O)O. The Morgan fingerprint density at radius 3 is 2.36 bits per heavy atom. The van der Waals surface area contributed by atoms with Gasteiger partial charge in [0.25, 0.3) is 0 Å². The molecule has 0 bridgehead atoms. The molecule has 0 heterocycles. The maximum absolute atomic E-state index is 11.0. The van der Waals surface area contributed by atoms with Crippen molar-refractivity contribution in [1.29, 1.82) is 0 Å². The number of carboxylic acid groups (broad SMARTS) is 1. The summed E-state index contributed by atoms with van der Waals surface area (Å²) in [6.45, 7) is 0. The summed E-state index contributed by atoms with van der Waals surface area (Å²) in [6.07, 6.45) is 3.08. The van der Waals surface area contributed by atoms with E-state index in [9.17, 15) is 9.36 Å². The number of hydrogen-bond acceptors (Lipinski definition) is 3. The normalized spacial score (nSPS) is 15.0. The minimum Gasteiger partial charge on any atom is -0.481 e. The van der Waals surface area contributed by atoms with Gasteiger partial charge < -0.3 is 14.5 Å². The highest BCUT2D eigenvalue weighted by atomic mass is 31.2. The second kappa shape index (κ2) is 6.98. The first-order valence-corrected chi connectivity index (χ1v) is 6.33. The zero-order valence-corrected chi connectivity index (χ0v) is 9.20. The van der Waals surface area contributed by atoms with Gasteiger partial charge in [-0.25, -0.2) is 0 Å². The molecule has 0 amide bonds. The van der Waals surface area contributed by atoms with Crippen LogP contribution in [-0.4, -0.2) is 29.2 Å². The van der Waals surface area contributed by atoms with Gasteiger partial charge in [0.15, 0.2) is 0 Å². The number of unbranched alkanes of at least 4 members (excludes halogenated alkanes) is 3. The first-order chi connectivity index (χ1) is 6.48. The molecule has 0 spiro atoms. The summed E-state index contributed by atoms with van der Waals surface area (Å²) < 4.78 is 15.4. The zero-order chi connectivity index (χ0) is 11.0. The van der Waals surface area contributed by atoms with Crippen LogP contribution in [0.5, 0.6) is 0 Å². The summed E-state index contributed by atoms with van der Waals surface area (Å²) in [4.78, 5) is 19.1. The molecule has 0 aliphatic carbocycles. The molecule has 2 N–H and O–H groups in total. The van der Waals surface area contributed by atoms with Gasteiger partial charge in [-0.05, 0) is 12.8 Å². The molecule has 0 saturated carbocycles. The van der Waals surface area contributed by atoms with Crippen molar-refractivity contribution >= 4 is 13.6 Å². The maximum atomic E-state index is 11.0. The average molecular weight is 224 g/mol. The summed E-state index contributed by atoms with van der Waals surface area (Å²) >= 11 is 0. The molecular formula is C8H17O5P. The third-order valence-electron chi connectivity index (χ3n) is 1.87. The van der Waals surface area contributed by atoms with E-state index >= 15 is 0 Å². The van der Waals surface area contributed by atoms with Crippen LogP contribution in [0.25, 0.3) is 0 Å². The Balaban J connectivity index is 3.30. The first kappa shape index (κ1) is 13.6. The Bertz CT molecular complexity index is 216. The molecule has 84 valence electrons. The highest BCUT2D eigenvalue weighted by molar-refractivity contribution is 7.52. The van der Waals surface area contributed by atoms with E-state index < -0.39 is 13.6 Å². The highest BCUT2D eigenvalue weighted by Gasteiger charge is 2.15. The van der Waals surface area contributed by atoms with Gasteiger partial charge in [0.1, 0.15) is 0 Å². The lowest BCUT2D eigenvalue weighted by molar-refractivity contribution is -0.137. The van der Waals surface area contributed by atoms with E-state index in [1.807, 2.05) is 0 Å². The Morgan fingerprint density at radius 2 is 1.86 bits per heavy atom. The zero-order valence-electron chi connectivity index (χ0n) is 8.31. The third kappa shape index (κ3) is 8.23. The van der Waals surface area contributed by atoms with Gasteiger partial charge in [0.05, 0.1) is 0 Å². The minimum atomic E-state index is -3.36. The third-order valence-corrected chi connectivity index (χ3v) is 3.32. The van der Waals surface area contributed by atoms with Crippen LogP contribution in [0, 0.1) is 0 Å². The number of carbonyl (C=O) groups is 1. The Kier molecular flexibility index (Phi) is 6.79. The van der Waals surface area contributed by atoms with E-state index in [0.717, 1.165) is 12.8 Å². The lowest BCUT2D eigenvalue weighted by atomic mass is 10.2. The molecule has 0 aromatic carbocycles. The predicted octanol–water partition coefficient (Wildman–Crippen LogP) is 1.85. The van der Waals surface area contributed by atoms with Gasteiger partial charge >= 0.3 is 13.6 Å². The molecular weight excluding hydrogens is 207 g/mol. The molecule has 0 aliphatic rings. The molecule has 6 heteroatoms. The fourth-order valence-electron chi connectivity index (χ4n) is 1.03. The first-order valence-electron chi connectivity index (χ1n) is 4.57. The van der Waals surface area contributed by atoms with Crippen LogP contribution in [0.1, 0.15) is 32.1 Å². The van der Waals surface area contributed by atoms with Crippen molar-refractivity contribution in [3.05, 3.63) is 0 Å². The lowest BCUT2D eigenvalue weighted by Gasteiger charge is -2.07. The number of rotatable bonds is 8. The van der Waals surface area contributed by atoms with Crippen LogP contribution in [0.3, 0.4) is 0 Å². The number of hydrogen-bond donors (Lipinski definition) is 2. The van der Waals surface area contributed by atoms with Crippen molar-refractivity contribution in [2.45, 2.75) is 32.1 Å². The molecule has 0 aliphatic heterocycles. The van der Waals surface area contributed by atoms with Gasteiger partial charge in [-0.1, -0.05) is 12.8 Å². The van der Waals surface area contributed by atoms with Crippen LogP contribution in [-0.2, 0) is 13.9 Å². The fraction of sp³-hybridized carbons (Fsp3) is 0.875. The van der Waals surface area contributed by atoms with Gasteiger partial charge in [-0.15, -0.1) is 0 Å². The average Bonchev–Trinajstić information content (AvgIpc) is 2.10. The maximum Gasteiger partial charge on any atom is 0.327 e. The largest absolute Gasteiger partial charge is 0.481 e. The van der Waals surface area contributed by atoms with Crippen molar-refractivity contribution < 1.29 is 23.9 Å². The van der Waals surface area contributed by atoms with Crippen LogP contribution in [0.4, 0.5) is 0 Å². The number of carboxylic acids is 1. The van der Waals surface area contributed by atoms with Gasteiger partial charge in [0.2, 0.25) is 0 Å². The van der Waals surface area contributed by atoms with E-state index in [1.54, 1.807) is 0 Å². The predicted molar refractivity (Wildman–Crippen MR) is 52.4 cm³/mol. The summed E-state index contributed by atoms with van der Waals surface area (Å²) in [6, 6.07) is 0. The highest BCUT2D eigenvalue weighted by Crippen LogP contribution is 2.41. The molecule has 0 rings (SSSR count). The van der Waals surface area contributed by atoms with Crippen molar-refractivity contribution in [1.82, 2.24) is 0 Å². The Morgan fingerprint density at radius 1 is 1.29 bits per heavy atom. The number of aliphatic carboxylic acids is 1. The molecule has 1 unspecified atom stereocenters. The van der Waals surface area contributed by atoms with Crippen molar-refractivity contribution in [2.24, 2.45) is 0 Å². The van der Waals surface area contributed by atoms with Crippen molar-refractivity contribution in [3.63, 3.8) is 0 Å². The summed E-state index contributed by atoms with van der Waals surface area (Å²) in [5, 5.41) is 8.33. The molecule has 0 aromatic heterocycles. The Hall–Kier alpha value is -0.380. The summed E-state index contributed by atoms with van der Waals surface area (Å²) in [7, 11) is -2.14. The standard InChI is InChI=1S/C8H17O5P/c1-13-14(11,12)7-5-3-2-4-6-8(9)10/h2-7H2,1H3,(H,9,10)(H,11,12). The van der Waals surface area contributed by atoms with Gasteiger partial charge in [0, 0.05) is 19.7 Å². The van der Waals surface area contributed by atoms with Crippen molar-refractivity contribution in [3.8, 4) is 0 Å². The lowest BCUT2D eigenvalue weighted by Crippen LogP contribution is -1.95. The second-order valence-corrected chi connectivity index (χ2v) is 5.19. The molecule has 0 radical (unpaired) electrons. The monoisotopic (exact) mass is 224 g/mol. The molecule has 5 nitrogen and oxygen atoms in total. The van der Waals surface area contributed by atoms with E-state index in [4.69, 9.17) is 10.00 Å². The Labute approximate surface area is 83.6 Å². The van der Waals surface area contributed by atoms with Crippen LogP contribution < -0.4 is 0 Å². The molecule has 0 fully saturated rings. The summed E-state index contributed by atoms with van der Waals surface area (Å²) in [5.41, 5.74) is 0. The smallest absolute Gasteiger partial charge is 0.327 e. The molecule has 14 heavy (non-hydrogen) atoms. The van der Waals surface area contributed by atoms with Gasteiger partial charge in [-0.3, -0.25) is 9.36 Å². The quantitative estimate of drug-likeness (QED) is 0.485.